The molecule has 0 unspecified atom stereocenters. The molecule has 3 heteroatoms. The summed E-state index contributed by atoms with van der Waals surface area (Å²) in [4.78, 5) is 4.25. The van der Waals surface area contributed by atoms with E-state index >= 15 is 0 Å². The summed E-state index contributed by atoms with van der Waals surface area (Å²) in [5.41, 5.74) is 2.77. The molecule has 3 rings (SSSR count). The van der Waals surface area contributed by atoms with Gasteiger partial charge in [0.25, 0.3) is 0 Å². The third-order valence-corrected chi connectivity index (χ3v) is 3.40. The van der Waals surface area contributed by atoms with Gasteiger partial charge in [0.1, 0.15) is 5.71 Å². The van der Waals surface area contributed by atoms with Crippen molar-refractivity contribution in [2.24, 2.45) is 11.1 Å². The molecular weight excluding hydrogens is 224 g/mol. The van der Waals surface area contributed by atoms with E-state index in [4.69, 9.17) is 0 Å². The van der Waals surface area contributed by atoms with Crippen LogP contribution in [0, 0.1) is 5.92 Å². The summed E-state index contributed by atoms with van der Waals surface area (Å²) >= 11 is 0. The van der Waals surface area contributed by atoms with Crippen LogP contribution >= 0.6 is 0 Å². The second-order valence-corrected chi connectivity index (χ2v) is 4.56. The number of hydrogen-bond donors (Lipinski definition) is 1. The van der Waals surface area contributed by atoms with Crippen LogP contribution in [0.25, 0.3) is 0 Å². The fourth-order valence-electron chi connectivity index (χ4n) is 2.40. The Kier molecular flexibility index (Phi) is 2.81. The zero-order valence-corrected chi connectivity index (χ0v) is 9.90. The van der Waals surface area contributed by atoms with Crippen molar-refractivity contribution in [3.63, 3.8) is 0 Å². The highest BCUT2D eigenvalue weighted by atomic mass is 16.4. The quantitative estimate of drug-likeness (QED) is 0.507. The summed E-state index contributed by atoms with van der Waals surface area (Å²) in [6, 6.07) is 16.0. The molecule has 0 radical (unpaired) electrons. The Morgan fingerprint density at radius 1 is 1.11 bits per heavy atom. The fraction of sp³-hybridized carbons (Fsp3) is 0.200. The zero-order valence-electron chi connectivity index (χ0n) is 9.90. The van der Waals surface area contributed by atoms with Gasteiger partial charge in [0.05, 0.1) is 5.69 Å². The van der Waals surface area contributed by atoms with E-state index in [9.17, 15) is 5.21 Å². The SMILES string of the molecule is O/N=C(/c1ccccn1)[C@H]1C[C@@H]1c1ccccc1. The molecule has 1 aliphatic carbocycles. The Hall–Kier alpha value is -2.16. The molecule has 0 aliphatic heterocycles. The Bertz CT molecular complexity index is 551. The minimum absolute atomic E-state index is 0.285. The van der Waals surface area contributed by atoms with Gasteiger partial charge in [-0.2, -0.15) is 0 Å². The highest BCUT2D eigenvalue weighted by molar-refractivity contribution is 6.02. The molecule has 1 aliphatic rings. The Labute approximate surface area is 106 Å². The van der Waals surface area contributed by atoms with E-state index in [-0.39, 0.29) is 5.92 Å². The lowest BCUT2D eigenvalue weighted by atomic mass is 10.1. The summed E-state index contributed by atoms with van der Waals surface area (Å²) in [6.45, 7) is 0. The van der Waals surface area contributed by atoms with Crippen molar-refractivity contribution in [1.29, 1.82) is 0 Å². The number of oxime groups is 1. The first-order valence-electron chi connectivity index (χ1n) is 6.08. The number of benzene rings is 1. The average Bonchev–Trinajstić information content (AvgIpc) is 3.22. The molecule has 1 N–H and O–H groups in total. The van der Waals surface area contributed by atoms with Gasteiger partial charge in [-0.25, -0.2) is 0 Å². The molecule has 0 saturated heterocycles. The molecule has 1 fully saturated rings. The van der Waals surface area contributed by atoms with E-state index in [1.165, 1.54) is 5.56 Å². The standard InChI is InChI=1S/C15H14N2O/c18-17-15(14-8-4-5-9-16-14)13-10-12(13)11-6-2-1-3-7-11/h1-9,12-13,18H,10H2/b17-15+/t12-,13+/m1/s1. The lowest BCUT2D eigenvalue weighted by molar-refractivity contribution is 0.317. The predicted molar refractivity (Wildman–Crippen MR) is 69.9 cm³/mol. The zero-order chi connectivity index (χ0) is 12.4. The van der Waals surface area contributed by atoms with Crippen molar-refractivity contribution in [3.8, 4) is 0 Å². The van der Waals surface area contributed by atoms with Gasteiger partial charge in [0.2, 0.25) is 0 Å². The van der Waals surface area contributed by atoms with Crippen molar-refractivity contribution < 1.29 is 5.21 Å². The van der Waals surface area contributed by atoms with Crippen LogP contribution in [0.3, 0.4) is 0 Å². The van der Waals surface area contributed by atoms with Crippen LogP contribution in [0.1, 0.15) is 23.6 Å². The number of pyridine rings is 1. The first-order chi connectivity index (χ1) is 8.90. The van der Waals surface area contributed by atoms with Gasteiger partial charge in [-0.1, -0.05) is 41.6 Å². The first kappa shape index (κ1) is 11.0. The van der Waals surface area contributed by atoms with Crippen molar-refractivity contribution in [2.75, 3.05) is 0 Å². The Morgan fingerprint density at radius 3 is 2.56 bits per heavy atom. The Morgan fingerprint density at radius 2 is 1.89 bits per heavy atom. The molecule has 1 saturated carbocycles. The van der Waals surface area contributed by atoms with Crippen LogP contribution in [0.4, 0.5) is 0 Å². The predicted octanol–water partition coefficient (Wildman–Crippen LogP) is 3.06. The largest absolute Gasteiger partial charge is 0.411 e. The van der Waals surface area contributed by atoms with Crippen molar-refractivity contribution >= 4 is 5.71 Å². The lowest BCUT2D eigenvalue weighted by Gasteiger charge is -2.03. The number of hydrogen-bond acceptors (Lipinski definition) is 3. The van der Waals surface area contributed by atoms with Crippen LogP contribution in [0.2, 0.25) is 0 Å². The molecule has 2 aromatic rings. The maximum Gasteiger partial charge on any atom is 0.109 e. The summed E-state index contributed by atoms with van der Waals surface area (Å²) in [5, 5.41) is 12.7. The third-order valence-electron chi connectivity index (χ3n) is 3.40. The van der Waals surface area contributed by atoms with Crippen LogP contribution in [-0.2, 0) is 0 Å². The van der Waals surface area contributed by atoms with E-state index < -0.39 is 0 Å². The van der Waals surface area contributed by atoms with Gasteiger partial charge < -0.3 is 5.21 Å². The van der Waals surface area contributed by atoms with E-state index in [2.05, 4.69) is 22.3 Å². The molecule has 2 atom stereocenters. The van der Waals surface area contributed by atoms with Crippen molar-refractivity contribution in [3.05, 3.63) is 66.0 Å². The van der Waals surface area contributed by atoms with Crippen LogP contribution in [0.15, 0.2) is 59.9 Å². The van der Waals surface area contributed by atoms with Gasteiger partial charge in [-0.15, -0.1) is 0 Å². The molecule has 0 spiro atoms. The molecular formula is C15H14N2O. The summed E-state index contributed by atoms with van der Waals surface area (Å²) in [7, 11) is 0. The van der Waals surface area contributed by atoms with E-state index in [0.717, 1.165) is 12.1 Å². The highest BCUT2D eigenvalue weighted by Crippen LogP contribution is 2.49. The molecule has 1 aromatic heterocycles. The molecule has 1 aromatic carbocycles. The monoisotopic (exact) mass is 238 g/mol. The minimum Gasteiger partial charge on any atom is -0.411 e. The topological polar surface area (TPSA) is 45.5 Å². The van der Waals surface area contributed by atoms with Gasteiger partial charge in [0.15, 0.2) is 0 Å². The molecule has 1 heterocycles. The third kappa shape index (κ3) is 1.99. The average molecular weight is 238 g/mol. The minimum atomic E-state index is 0.285. The molecule has 0 bridgehead atoms. The first-order valence-corrected chi connectivity index (χ1v) is 6.08. The lowest BCUT2D eigenvalue weighted by Crippen LogP contribution is -2.07. The van der Waals surface area contributed by atoms with Crippen LogP contribution in [0.5, 0.6) is 0 Å². The summed E-state index contributed by atoms with van der Waals surface area (Å²) < 4.78 is 0. The van der Waals surface area contributed by atoms with E-state index in [1.54, 1.807) is 6.20 Å². The molecule has 3 nitrogen and oxygen atoms in total. The smallest absolute Gasteiger partial charge is 0.109 e. The fourth-order valence-corrected chi connectivity index (χ4v) is 2.40. The molecule has 90 valence electrons. The van der Waals surface area contributed by atoms with Crippen molar-refractivity contribution in [1.82, 2.24) is 4.98 Å². The number of nitrogens with zero attached hydrogens (tertiary/aromatic N) is 2. The molecule has 0 amide bonds. The van der Waals surface area contributed by atoms with Crippen molar-refractivity contribution in [2.45, 2.75) is 12.3 Å². The maximum absolute atomic E-state index is 9.20. The van der Waals surface area contributed by atoms with E-state index in [1.807, 2.05) is 36.4 Å². The van der Waals surface area contributed by atoms with Gasteiger partial charge in [-0.3, -0.25) is 4.98 Å². The van der Waals surface area contributed by atoms with Crippen LogP contribution < -0.4 is 0 Å². The maximum atomic E-state index is 9.20. The van der Waals surface area contributed by atoms with Gasteiger partial charge in [-0.05, 0) is 30.0 Å². The summed E-state index contributed by atoms with van der Waals surface area (Å²) in [5.74, 6) is 0.742. The second-order valence-electron chi connectivity index (χ2n) is 4.56. The second kappa shape index (κ2) is 4.61. The number of rotatable bonds is 3. The van der Waals surface area contributed by atoms with Crippen LogP contribution in [-0.4, -0.2) is 15.9 Å². The normalized spacial score (nSPS) is 22.8. The number of aromatic nitrogens is 1. The van der Waals surface area contributed by atoms with Gasteiger partial charge in [0, 0.05) is 12.1 Å². The summed E-state index contributed by atoms with van der Waals surface area (Å²) in [6.07, 6.45) is 2.75. The molecule has 18 heavy (non-hydrogen) atoms. The Balaban J connectivity index is 1.82. The highest BCUT2D eigenvalue weighted by Gasteiger charge is 2.43. The van der Waals surface area contributed by atoms with Gasteiger partial charge >= 0.3 is 0 Å². The van der Waals surface area contributed by atoms with E-state index in [0.29, 0.717) is 11.6 Å².